The fourth-order valence-electron chi connectivity index (χ4n) is 1.94. The second-order valence-electron chi connectivity index (χ2n) is 3.92. The highest BCUT2D eigenvalue weighted by Gasteiger charge is 2.18. The summed E-state index contributed by atoms with van der Waals surface area (Å²) in [5.74, 6) is -0.749. The Morgan fingerprint density at radius 2 is 2.12 bits per heavy atom. The molecular weight excluding hydrogens is 204 g/mol. The molecule has 1 aliphatic rings. The third kappa shape index (κ3) is 2.73. The van der Waals surface area contributed by atoms with Gasteiger partial charge in [-0.1, -0.05) is 12.1 Å². The molecule has 16 heavy (non-hydrogen) atoms. The van der Waals surface area contributed by atoms with E-state index in [4.69, 9.17) is 5.11 Å². The number of carboxylic acid groups (broad SMARTS) is 1. The molecule has 0 bridgehead atoms. The van der Waals surface area contributed by atoms with E-state index in [9.17, 15) is 4.79 Å². The molecule has 0 atom stereocenters. The number of rotatable bonds is 3. The molecule has 1 aromatic carbocycles. The van der Waals surface area contributed by atoms with Gasteiger partial charge in [-0.2, -0.15) is 0 Å². The van der Waals surface area contributed by atoms with Crippen LogP contribution in [0, 0.1) is 6.07 Å². The molecule has 85 valence electrons. The third-order valence-corrected chi connectivity index (χ3v) is 2.79. The molecule has 1 heterocycles. The van der Waals surface area contributed by atoms with E-state index in [1.807, 2.05) is 23.1 Å². The Kier molecular flexibility index (Phi) is 3.41. The molecule has 0 saturated carbocycles. The first-order valence-electron chi connectivity index (χ1n) is 5.41. The van der Waals surface area contributed by atoms with Crippen molar-refractivity contribution >= 4 is 11.7 Å². The third-order valence-electron chi connectivity index (χ3n) is 2.79. The summed E-state index contributed by atoms with van der Waals surface area (Å²) in [5, 5.41) is 8.69. The summed E-state index contributed by atoms with van der Waals surface area (Å²) in [5.41, 5.74) is 1.16. The highest BCUT2D eigenvalue weighted by atomic mass is 16.4. The molecule has 0 spiro atoms. The van der Waals surface area contributed by atoms with Gasteiger partial charge in [0.05, 0.1) is 6.54 Å². The van der Waals surface area contributed by atoms with E-state index in [0.717, 1.165) is 31.9 Å². The lowest BCUT2D eigenvalue weighted by Gasteiger charge is -2.35. The topological polar surface area (TPSA) is 43.8 Å². The zero-order valence-corrected chi connectivity index (χ0v) is 9.09. The fourth-order valence-corrected chi connectivity index (χ4v) is 1.94. The number of carbonyl (C=O) groups is 1. The number of hydrogen-bond donors (Lipinski definition) is 1. The molecule has 0 unspecified atom stereocenters. The van der Waals surface area contributed by atoms with E-state index in [-0.39, 0.29) is 6.54 Å². The molecule has 1 radical (unpaired) electrons. The van der Waals surface area contributed by atoms with Crippen LogP contribution in [0.1, 0.15) is 0 Å². The van der Waals surface area contributed by atoms with E-state index < -0.39 is 5.97 Å². The van der Waals surface area contributed by atoms with E-state index in [0.29, 0.717) is 0 Å². The predicted octanol–water partition coefficient (Wildman–Crippen LogP) is 0.693. The highest BCUT2D eigenvalue weighted by molar-refractivity contribution is 5.69. The summed E-state index contributed by atoms with van der Waals surface area (Å²) in [4.78, 5) is 14.8. The van der Waals surface area contributed by atoms with Crippen LogP contribution in [0.15, 0.2) is 24.3 Å². The van der Waals surface area contributed by atoms with E-state index in [2.05, 4.69) is 17.0 Å². The van der Waals surface area contributed by atoms with Gasteiger partial charge in [-0.05, 0) is 18.2 Å². The minimum atomic E-state index is -0.749. The first kappa shape index (κ1) is 11.0. The Bertz CT molecular complexity index is 345. The standard InChI is InChI=1S/C12H15N2O2/c15-12(16)10-13-6-8-14(9-7-13)11-4-2-1-3-5-11/h1-2,4-5H,6-10H2,(H,15,16). The SMILES string of the molecule is O=C(O)CN1CCN(c2c[c]ccc2)CC1. The van der Waals surface area contributed by atoms with E-state index in [1.165, 1.54) is 0 Å². The first-order valence-corrected chi connectivity index (χ1v) is 5.41. The lowest BCUT2D eigenvalue weighted by molar-refractivity contribution is -0.138. The van der Waals surface area contributed by atoms with E-state index >= 15 is 0 Å². The van der Waals surface area contributed by atoms with Gasteiger partial charge in [-0.15, -0.1) is 0 Å². The summed E-state index contributed by atoms with van der Waals surface area (Å²) in [6.45, 7) is 3.52. The van der Waals surface area contributed by atoms with Gasteiger partial charge in [0.2, 0.25) is 0 Å². The minimum absolute atomic E-state index is 0.148. The second kappa shape index (κ2) is 4.99. The van der Waals surface area contributed by atoms with Crippen LogP contribution in [-0.2, 0) is 4.79 Å². The van der Waals surface area contributed by atoms with Crippen molar-refractivity contribution in [2.75, 3.05) is 37.6 Å². The molecule has 1 saturated heterocycles. The normalized spacial score (nSPS) is 17.4. The van der Waals surface area contributed by atoms with Gasteiger partial charge in [0.15, 0.2) is 0 Å². The Morgan fingerprint density at radius 1 is 1.38 bits per heavy atom. The zero-order valence-electron chi connectivity index (χ0n) is 9.09. The number of piperazine rings is 1. The lowest BCUT2D eigenvalue weighted by Crippen LogP contribution is -2.47. The predicted molar refractivity (Wildman–Crippen MR) is 61.6 cm³/mol. The molecule has 1 aromatic rings. The molecule has 2 rings (SSSR count). The molecule has 1 aliphatic heterocycles. The average molecular weight is 219 g/mol. The fraction of sp³-hybridized carbons (Fsp3) is 0.417. The summed E-state index contributed by atoms with van der Waals surface area (Å²) in [6, 6.07) is 10.9. The van der Waals surface area contributed by atoms with Crippen molar-refractivity contribution in [2.24, 2.45) is 0 Å². The summed E-state index contributed by atoms with van der Waals surface area (Å²) in [7, 11) is 0. The van der Waals surface area contributed by atoms with Gasteiger partial charge in [0, 0.05) is 31.9 Å². The highest BCUT2D eigenvalue weighted by Crippen LogP contribution is 2.14. The van der Waals surface area contributed by atoms with Crippen LogP contribution in [0.25, 0.3) is 0 Å². The molecule has 4 nitrogen and oxygen atoms in total. The van der Waals surface area contributed by atoms with Gasteiger partial charge < -0.3 is 10.0 Å². The number of anilines is 1. The van der Waals surface area contributed by atoms with Gasteiger partial charge in [-0.3, -0.25) is 9.69 Å². The van der Waals surface area contributed by atoms with E-state index in [1.54, 1.807) is 0 Å². The average Bonchev–Trinajstić information content (AvgIpc) is 2.30. The summed E-state index contributed by atoms with van der Waals surface area (Å²) >= 11 is 0. The molecule has 0 aromatic heterocycles. The molecular formula is C12H15N2O2. The summed E-state index contributed by atoms with van der Waals surface area (Å²) in [6.07, 6.45) is 0. The van der Waals surface area contributed by atoms with Crippen LogP contribution in [0.2, 0.25) is 0 Å². The Hall–Kier alpha value is -1.55. The van der Waals surface area contributed by atoms with Crippen LogP contribution in [0.4, 0.5) is 5.69 Å². The minimum Gasteiger partial charge on any atom is -0.480 e. The Labute approximate surface area is 95.1 Å². The molecule has 4 heteroatoms. The number of aliphatic carboxylic acids is 1. The molecule has 1 fully saturated rings. The number of nitrogens with zero attached hydrogens (tertiary/aromatic N) is 2. The van der Waals surface area contributed by atoms with Gasteiger partial charge in [-0.25, -0.2) is 0 Å². The second-order valence-corrected chi connectivity index (χ2v) is 3.92. The van der Waals surface area contributed by atoms with Crippen molar-refractivity contribution in [1.82, 2.24) is 4.90 Å². The summed E-state index contributed by atoms with van der Waals surface area (Å²) < 4.78 is 0. The maximum absolute atomic E-state index is 10.6. The quantitative estimate of drug-likeness (QED) is 0.812. The molecule has 1 N–H and O–H groups in total. The zero-order chi connectivity index (χ0) is 11.4. The first-order chi connectivity index (χ1) is 7.75. The van der Waals surface area contributed by atoms with Crippen molar-refractivity contribution in [3.63, 3.8) is 0 Å². The van der Waals surface area contributed by atoms with Crippen molar-refractivity contribution in [3.8, 4) is 0 Å². The molecule has 0 amide bonds. The van der Waals surface area contributed by atoms with Crippen LogP contribution < -0.4 is 4.90 Å². The number of carboxylic acids is 1. The van der Waals surface area contributed by atoms with Crippen molar-refractivity contribution in [2.45, 2.75) is 0 Å². The monoisotopic (exact) mass is 219 g/mol. The van der Waals surface area contributed by atoms with Crippen molar-refractivity contribution in [3.05, 3.63) is 30.3 Å². The largest absolute Gasteiger partial charge is 0.480 e. The Balaban J connectivity index is 1.88. The van der Waals surface area contributed by atoms with Crippen molar-refractivity contribution in [1.29, 1.82) is 0 Å². The maximum Gasteiger partial charge on any atom is 0.317 e. The van der Waals surface area contributed by atoms with Gasteiger partial charge >= 0.3 is 5.97 Å². The maximum atomic E-state index is 10.6. The Morgan fingerprint density at radius 3 is 2.69 bits per heavy atom. The van der Waals surface area contributed by atoms with Gasteiger partial charge in [0.25, 0.3) is 0 Å². The van der Waals surface area contributed by atoms with Crippen LogP contribution in [0.3, 0.4) is 0 Å². The van der Waals surface area contributed by atoms with Crippen LogP contribution in [-0.4, -0.2) is 48.7 Å². The number of hydrogen-bond acceptors (Lipinski definition) is 3. The lowest BCUT2D eigenvalue weighted by atomic mass is 10.2. The van der Waals surface area contributed by atoms with Gasteiger partial charge in [0.1, 0.15) is 0 Å². The van der Waals surface area contributed by atoms with Crippen molar-refractivity contribution < 1.29 is 9.90 Å². The molecule has 0 aliphatic carbocycles. The van der Waals surface area contributed by atoms with Crippen LogP contribution in [0.5, 0.6) is 0 Å². The number of benzene rings is 1. The smallest absolute Gasteiger partial charge is 0.317 e. The van der Waals surface area contributed by atoms with Crippen LogP contribution >= 0.6 is 0 Å².